The van der Waals surface area contributed by atoms with Crippen LogP contribution in [0.2, 0.25) is 0 Å². The van der Waals surface area contributed by atoms with Gasteiger partial charge < -0.3 is 9.47 Å². The number of esters is 2. The van der Waals surface area contributed by atoms with Gasteiger partial charge in [0.1, 0.15) is 6.26 Å². The average molecular weight is 205 g/mol. The van der Waals surface area contributed by atoms with Gasteiger partial charge >= 0.3 is 11.9 Å². The summed E-state index contributed by atoms with van der Waals surface area (Å²) in [6.07, 6.45) is 2.61. The van der Waals surface area contributed by atoms with Crippen molar-refractivity contribution in [3.8, 4) is 0 Å². The fourth-order valence-corrected chi connectivity index (χ4v) is 0.792. The van der Waals surface area contributed by atoms with Gasteiger partial charge in [0.05, 0.1) is 13.0 Å². The lowest BCUT2D eigenvalue weighted by Gasteiger charge is -1.97. The second-order valence-corrected chi connectivity index (χ2v) is 3.08. The van der Waals surface area contributed by atoms with Crippen molar-refractivity contribution in [3.05, 3.63) is 11.3 Å². The van der Waals surface area contributed by atoms with Crippen LogP contribution >= 0.6 is 11.6 Å². The van der Waals surface area contributed by atoms with Gasteiger partial charge in [0, 0.05) is 0 Å². The van der Waals surface area contributed by atoms with E-state index in [1.165, 1.54) is 7.11 Å². The molecule has 0 bridgehead atoms. The van der Waals surface area contributed by atoms with Crippen molar-refractivity contribution in [3.63, 3.8) is 0 Å². The highest BCUT2D eigenvalue weighted by molar-refractivity contribution is 6.41. The predicted molar refractivity (Wildman–Crippen MR) is 44.8 cm³/mol. The maximum atomic E-state index is 10.9. The van der Waals surface area contributed by atoms with Crippen LogP contribution in [0.1, 0.15) is 12.8 Å². The number of hydrogen-bond donors (Lipinski definition) is 0. The fourth-order valence-electron chi connectivity index (χ4n) is 0.671. The molecule has 0 N–H and O–H groups in total. The van der Waals surface area contributed by atoms with Crippen molar-refractivity contribution in [2.75, 3.05) is 7.11 Å². The Kier molecular flexibility index (Phi) is 3.31. The molecule has 1 saturated carbocycles. The maximum Gasteiger partial charge on any atom is 0.352 e. The van der Waals surface area contributed by atoms with Crippen LogP contribution < -0.4 is 0 Å². The molecule has 1 aliphatic rings. The summed E-state index contributed by atoms with van der Waals surface area (Å²) in [4.78, 5) is 21.6. The van der Waals surface area contributed by atoms with Crippen LogP contribution in [0.15, 0.2) is 11.3 Å². The van der Waals surface area contributed by atoms with E-state index in [1.807, 2.05) is 0 Å². The van der Waals surface area contributed by atoms with Crippen molar-refractivity contribution < 1.29 is 19.1 Å². The van der Waals surface area contributed by atoms with E-state index in [4.69, 9.17) is 11.6 Å². The van der Waals surface area contributed by atoms with Crippen molar-refractivity contribution in [2.45, 2.75) is 12.8 Å². The standard InChI is InChI=1S/C8H9ClO4/c1-12-8(11)6(9)4-13-7(10)5-2-3-5/h4-5H,2-3H2,1H3. The Bertz CT molecular complexity index is 255. The third-order valence-electron chi connectivity index (χ3n) is 1.57. The van der Waals surface area contributed by atoms with Crippen LogP contribution in [0.3, 0.4) is 0 Å². The molecule has 0 amide bonds. The third kappa shape index (κ3) is 3.06. The first-order valence-electron chi connectivity index (χ1n) is 3.79. The quantitative estimate of drug-likeness (QED) is 0.394. The smallest absolute Gasteiger partial charge is 0.352 e. The van der Waals surface area contributed by atoms with E-state index in [-0.39, 0.29) is 16.9 Å². The van der Waals surface area contributed by atoms with Gasteiger partial charge in [-0.2, -0.15) is 0 Å². The molecule has 0 atom stereocenters. The summed E-state index contributed by atoms with van der Waals surface area (Å²) in [6.45, 7) is 0. The fraction of sp³-hybridized carbons (Fsp3) is 0.500. The van der Waals surface area contributed by atoms with Crippen molar-refractivity contribution in [2.24, 2.45) is 5.92 Å². The molecule has 0 saturated heterocycles. The SMILES string of the molecule is COC(=O)C(Cl)=COC(=O)C1CC1. The Balaban J connectivity index is 2.37. The Labute approximate surface area is 80.5 Å². The lowest BCUT2D eigenvalue weighted by atomic mass is 10.4. The average Bonchev–Trinajstić information content (AvgIpc) is 2.95. The zero-order chi connectivity index (χ0) is 9.84. The van der Waals surface area contributed by atoms with Crippen molar-refractivity contribution in [1.29, 1.82) is 0 Å². The molecule has 1 fully saturated rings. The highest BCUT2D eigenvalue weighted by atomic mass is 35.5. The highest BCUT2D eigenvalue weighted by Crippen LogP contribution is 2.30. The lowest BCUT2D eigenvalue weighted by Crippen LogP contribution is -2.05. The molecule has 0 aromatic heterocycles. The van der Waals surface area contributed by atoms with Crippen LogP contribution in [-0.4, -0.2) is 19.0 Å². The first-order valence-corrected chi connectivity index (χ1v) is 4.17. The molecule has 0 aromatic rings. The van der Waals surface area contributed by atoms with Gasteiger partial charge in [-0.15, -0.1) is 0 Å². The Morgan fingerprint density at radius 2 is 2.08 bits per heavy atom. The monoisotopic (exact) mass is 204 g/mol. The van der Waals surface area contributed by atoms with E-state index in [0.717, 1.165) is 19.1 Å². The van der Waals surface area contributed by atoms with Crippen molar-refractivity contribution in [1.82, 2.24) is 0 Å². The van der Waals surface area contributed by atoms with E-state index in [0.29, 0.717) is 0 Å². The number of ether oxygens (including phenoxy) is 2. The van der Waals surface area contributed by atoms with Crippen LogP contribution in [0.5, 0.6) is 0 Å². The molecule has 5 heteroatoms. The number of hydrogen-bond acceptors (Lipinski definition) is 4. The van der Waals surface area contributed by atoms with Crippen LogP contribution in [-0.2, 0) is 19.1 Å². The molecule has 0 unspecified atom stereocenters. The van der Waals surface area contributed by atoms with Gasteiger partial charge in [0.15, 0.2) is 5.03 Å². The second-order valence-electron chi connectivity index (χ2n) is 2.67. The second kappa shape index (κ2) is 4.28. The topological polar surface area (TPSA) is 52.6 Å². The van der Waals surface area contributed by atoms with Crippen LogP contribution in [0.4, 0.5) is 0 Å². The zero-order valence-electron chi connectivity index (χ0n) is 7.08. The van der Waals surface area contributed by atoms with Crippen molar-refractivity contribution >= 4 is 23.5 Å². The minimum Gasteiger partial charge on any atom is -0.465 e. The molecule has 1 rings (SSSR count). The summed E-state index contributed by atoms with van der Waals surface area (Å²) in [7, 11) is 1.20. The van der Waals surface area contributed by atoms with Gasteiger partial charge in [-0.25, -0.2) is 4.79 Å². The van der Waals surface area contributed by atoms with E-state index in [9.17, 15) is 9.59 Å². The molecule has 0 heterocycles. The molecular formula is C8H9ClO4. The predicted octanol–water partition coefficient (Wildman–Crippen LogP) is 1.19. The summed E-state index contributed by atoms with van der Waals surface area (Å²) < 4.78 is 8.91. The zero-order valence-corrected chi connectivity index (χ0v) is 7.84. The van der Waals surface area contributed by atoms with E-state index in [1.54, 1.807) is 0 Å². The molecule has 0 aromatic carbocycles. The third-order valence-corrected chi connectivity index (χ3v) is 1.81. The molecule has 13 heavy (non-hydrogen) atoms. The normalized spacial score (nSPS) is 16.6. The number of carbonyl (C=O) groups excluding carboxylic acids is 2. The van der Waals surface area contributed by atoms with Crippen LogP contribution in [0.25, 0.3) is 0 Å². The number of halogens is 1. The highest BCUT2D eigenvalue weighted by Gasteiger charge is 2.31. The van der Waals surface area contributed by atoms with Crippen LogP contribution in [0, 0.1) is 5.92 Å². The lowest BCUT2D eigenvalue weighted by molar-refractivity contribution is -0.139. The van der Waals surface area contributed by atoms with Gasteiger partial charge in [-0.1, -0.05) is 11.6 Å². The first-order chi connectivity index (χ1) is 6.15. The number of rotatable bonds is 3. The minimum absolute atomic E-state index is 0.0154. The molecule has 0 spiro atoms. The van der Waals surface area contributed by atoms with Gasteiger partial charge in [0.2, 0.25) is 0 Å². The van der Waals surface area contributed by atoms with Gasteiger partial charge in [-0.05, 0) is 12.8 Å². The first kappa shape index (κ1) is 10.1. The summed E-state index contributed by atoms with van der Waals surface area (Å²) >= 11 is 5.41. The summed E-state index contributed by atoms with van der Waals surface area (Å²) in [6, 6.07) is 0. The summed E-state index contributed by atoms with van der Waals surface area (Å²) in [5.74, 6) is -1.08. The summed E-state index contributed by atoms with van der Waals surface area (Å²) in [5, 5.41) is -0.239. The maximum absolute atomic E-state index is 10.9. The molecule has 0 radical (unpaired) electrons. The Hall–Kier alpha value is -1.03. The summed E-state index contributed by atoms with van der Waals surface area (Å²) in [5.41, 5.74) is 0. The molecule has 72 valence electrons. The van der Waals surface area contributed by atoms with Gasteiger partial charge in [-0.3, -0.25) is 4.79 Å². The van der Waals surface area contributed by atoms with E-state index >= 15 is 0 Å². The van der Waals surface area contributed by atoms with E-state index < -0.39 is 5.97 Å². The largest absolute Gasteiger partial charge is 0.465 e. The molecule has 4 nitrogen and oxygen atoms in total. The molecule has 0 aliphatic heterocycles. The minimum atomic E-state index is -0.717. The number of carbonyl (C=O) groups is 2. The number of methoxy groups -OCH3 is 1. The Morgan fingerprint density at radius 1 is 1.46 bits per heavy atom. The molecular weight excluding hydrogens is 196 g/mol. The van der Waals surface area contributed by atoms with E-state index in [2.05, 4.69) is 9.47 Å². The molecule has 1 aliphatic carbocycles. The van der Waals surface area contributed by atoms with Gasteiger partial charge in [0.25, 0.3) is 0 Å². The Morgan fingerprint density at radius 3 is 2.54 bits per heavy atom.